The molecule has 0 radical (unpaired) electrons. The number of amides is 4. The molecule has 0 bridgehead atoms. The lowest BCUT2D eigenvalue weighted by molar-refractivity contribution is -0.140. The number of benzene rings is 1. The molecule has 140 valence electrons. The number of nitrogens with one attached hydrogen (secondary N) is 1. The van der Waals surface area contributed by atoms with Gasteiger partial charge in [-0.1, -0.05) is 29.3 Å². The van der Waals surface area contributed by atoms with Crippen LogP contribution in [-0.4, -0.2) is 46.8 Å². The Hall–Kier alpha value is -1.79. The molecule has 1 aromatic carbocycles. The molecule has 2 aliphatic rings. The topological polar surface area (TPSA) is 69.7 Å². The van der Waals surface area contributed by atoms with Crippen molar-refractivity contribution in [3.8, 4) is 0 Å². The van der Waals surface area contributed by atoms with E-state index in [-0.39, 0.29) is 23.5 Å². The van der Waals surface area contributed by atoms with Crippen LogP contribution in [0.3, 0.4) is 0 Å². The van der Waals surface area contributed by atoms with Gasteiger partial charge in [-0.3, -0.25) is 14.5 Å². The number of likely N-dealkylation sites (tertiary alicyclic amines) is 1. The fraction of sp³-hybridized carbons (Fsp3) is 0.500. The van der Waals surface area contributed by atoms with Crippen LogP contribution >= 0.6 is 23.2 Å². The minimum Gasteiger partial charge on any atom is -0.338 e. The molecule has 3 rings (SSSR count). The summed E-state index contributed by atoms with van der Waals surface area (Å²) in [6, 6.07) is 4.26. The first kappa shape index (κ1) is 19.0. The minimum absolute atomic E-state index is 0.120. The zero-order valence-corrected chi connectivity index (χ0v) is 16.2. The van der Waals surface area contributed by atoms with E-state index >= 15 is 0 Å². The lowest BCUT2D eigenvalue weighted by atomic mass is 9.92. The van der Waals surface area contributed by atoms with Crippen LogP contribution in [0.15, 0.2) is 18.2 Å². The van der Waals surface area contributed by atoms with Gasteiger partial charge in [0.05, 0.1) is 0 Å². The zero-order valence-electron chi connectivity index (χ0n) is 14.7. The summed E-state index contributed by atoms with van der Waals surface area (Å²) in [4.78, 5) is 40.7. The van der Waals surface area contributed by atoms with Crippen molar-refractivity contribution in [1.29, 1.82) is 0 Å². The molecule has 2 aliphatic heterocycles. The van der Waals surface area contributed by atoms with Gasteiger partial charge in [-0.25, -0.2) is 4.79 Å². The van der Waals surface area contributed by atoms with Crippen LogP contribution in [-0.2, 0) is 15.1 Å². The number of urea groups is 1. The minimum atomic E-state index is -1.33. The predicted octanol–water partition coefficient (Wildman–Crippen LogP) is 3.16. The van der Waals surface area contributed by atoms with E-state index in [1.54, 1.807) is 24.0 Å². The molecule has 26 heavy (non-hydrogen) atoms. The van der Waals surface area contributed by atoms with Crippen molar-refractivity contribution in [3.05, 3.63) is 33.8 Å². The standard InChI is InChI=1S/C18H21Cl2N3O3/c1-11-5-3-4-8-22(11)15(24)10-23-16(25)18(2,21-17(23)26)13-7-6-12(19)9-14(13)20/h6-7,9,11H,3-5,8,10H2,1-2H3,(H,21,26)/t11-,18+/m1/s1. The smallest absolute Gasteiger partial charge is 0.325 e. The second-order valence-corrected chi connectivity index (χ2v) is 7.85. The molecule has 0 aliphatic carbocycles. The highest BCUT2D eigenvalue weighted by molar-refractivity contribution is 6.35. The summed E-state index contributed by atoms with van der Waals surface area (Å²) < 4.78 is 0. The van der Waals surface area contributed by atoms with Crippen molar-refractivity contribution in [3.63, 3.8) is 0 Å². The number of piperidine rings is 1. The monoisotopic (exact) mass is 397 g/mol. The average molecular weight is 398 g/mol. The lowest BCUT2D eigenvalue weighted by Gasteiger charge is -2.34. The first-order valence-corrected chi connectivity index (χ1v) is 9.38. The van der Waals surface area contributed by atoms with E-state index < -0.39 is 17.5 Å². The maximum atomic E-state index is 13.0. The van der Waals surface area contributed by atoms with E-state index in [9.17, 15) is 14.4 Å². The summed E-state index contributed by atoms with van der Waals surface area (Å²) >= 11 is 12.1. The number of hydrogen-bond acceptors (Lipinski definition) is 3. The number of imide groups is 1. The SMILES string of the molecule is C[C@@H]1CCCCN1C(=O)CN1C(=O)N[C@@](C)(c2ccc(Cl)cc2Cl)C1=O. The number of hydrogen-bond donors (Lipinski definition) is 1. The summed E-state index contributed by atoms with van der Waals surface area (Å²) in [5, 5.41) is 3.38. The van der Waals surface area contributed by atoms with E-state index in [4.69, 9.17) is 23.2 Å². The van der Waals surface area contributed by atoms with Gasteiger partial charge in [-0.15, -0.1) is 0 Å². The molecule has 1 N–H and O–H groups in total. The number of carbonyl (C=O) groups excluding carboxylic acids is 3. The second-order valence-electron chi connectivity index (χ2n) is 7.00. The van der Waals surface area contributed by atoms with Crippen LogP contribution in [0.5, 0.6) is 0 Å². The zero-order chi connectivity index (χ0) is 19.1. The Morgan fingerprint density at radius 3 is 2.69 bits per heavy atom. The van der Waals surface area contributed by atoms with E-state index in [0.717, 1.165) is 24.2 Å². The first-order chi connectivity index (χ1) is 12.2. The fourth-order valence-electron chi connectivity index (χ4n) is 3.61. The van der Waals surface area contributed by atoms with Gasteiger partial charge in [0.1, 0.15) is 12.1 Å². The number of carbonyl (C=O) groups is 3. The first-order valence-electron chi connectivity index (χ1n) is 8.63. The number of nitrogens with zero attached hydrogens (tertiary/aromatic N) is 2. The molecule has 0 saturated carbocycles. The van der Waals surface area contributed by atoms with E-state index in [1.165, 1.54) is 6.07 Å². The third-order valence-corrected chi connectivity index (χ3v) is 5.71. The van der Waals surface area contributed by atoms with Crippen molar-refractivity contribution < 1.29 is 14.4 Å². The summed E-state index contributed by atoms with van der Waals surface area (Å²) in [6.45, 7) is 3.95. The van der Waals surface area contributed by atoms with Gasteiger partial charge in [0.25, 0.3) is 5.91 Å². The quantitative estimate of drug-likeness (QED) is 0.796. The molecule has 1 aromatic rings. The molecule has 2 saturated heterocycles. The largest absolute Gasteiger partial charge is 0.338 e. The Kier molecular flexibility index (Phi) is 5.17. The summed E-state index contributed by atoms with van der Waals surface area (Å²) in [6.07, 6.45) is 2.96. The van der Waals surface area contributed by atoms with Crippen LogP contribution in [0, 0.1) is 0 Å². The fourth-order valence-corrected chi connectivity index (χ4v) is 4.21. The van der Waals surface area contributed by atoms with E-state index in [2.05, 4.69) is 5.32 Å². The highest BCUT2D eigenvalue weighted by Gasteiger charge is 2.50. The number of rotatable bonds is 3. The maximum Gasteiger partial charge on any atom is 0.325 e. The highest BCUT2D eigenvalue weighted by atomic mass is 35.5. The third kappa shape index (κ3) is 3.28. The molecule has 2 heterocycles. The van der Waals surface area contributed by atoms with Gasteiger partial charge in [-0.05, 0) is 45.2 Å². The van der Waals surface area contributed by atoms with Gasteiger partial charge in [0.15, 0.2) is 0 Å². The van der Waals surface area contributed by atoms with Crippen LogP contribution in [0.25, 0.3) is 0 Å². The molecule has 6 nitrogen and oxygen atoms in total. The molecule has 0 aromatic heterocycles. The molecule has 2 fully saturated rings. The van der Waals surface area contributed by atoms with E-state index in [1.807, 2.05) is 6.92 Å². The normalized spacial score (nSPS) is 26.2. The Balaban J connectivity index is 1.81. The molecule has 0 unspecified atom stereocenters. The van der Waals surface area contributed by atoms with Gasteiger partial charge >= 0.3 is 6.03 Å². The molecule has 4 amide bonds. The Bertz CT molecular complexity index is 770. The molecule has 8 heteroatoms. The van der Waals surface area contributed by atoms with Crippen molar-refractivity contribution >= 4 is 41.0 Å². The Labute approximate surface area is 162 Å². The number of halogens is 2. The van der Waals surface area contributed by atoms with Crippen LogP contribution in [0.4, 0.5) is 4.79 Å². The van der Waals surface area contributed by atoms with Crippen LogP contribution in [0.1, 0.15) is 38.7 Å². The second kappa shape index (κ2) is 7.08. The van der Waals surface area contributed by atoms with Crippen molar-refractivity contribution in [2.24, 2.45) is 0 Å². The van der Waals surface area contributed by atoms with Gasteiger partial charge in [0, 0.05) is 28.2 Å². The summed E-state index contributed by atoms with van der Waals surface area (Å²) in [5.74, 6) is -0.711. The summed E-state index contributed by atoms with van der Waals surface area (Å²) in [7, 11) is 0. The lowest BCUT2D eigenvalue weighted by Crippen LogP contribution is -2.48. The molecular formula is C18H21Cl2N3O3. The Morgan fingerprint density at radius 2 is 2.04 bits per heavy atom. The predicted molar refractivity (Wildman–Crippen MR) is 99.1 cm³/mol. The van der Waals surface area contributed by atoms with Crippen molar-refractivity contribution in [2.75, 3.05) is 13.1 Å². The third-order valence-electron chi connectivity index (χ3n) is 5.16. The maximum absolute atomic E-state index is 13.0. The molecular weight excluding hydrogens is 377 g/mol. The van der Waals surface area contributed by atoms with Crippen LogP contribution in [0.2, 0.25) is 10.0 Å². The van der Waals surface area contributed by atoms with Gasteiger partial charge < -0.3 is 10.2 Å². The molecule has 0 spiro atoms. The van der Waals surface area contributed by atoms with Crippen molar-refractivity contribution in [2.45, 2.75) is 44.7 Å². The van der Waals surface area contributed by atoms with Crippen LogP contribution < -0.4 is 5.32 Å². The molecule has 2 atom stereocenters. The highest BCUT2D eigenvalue weighted by Crippen LogP contribution is 2.35. The van der Waals surface area contributed by atoms with Gasteiger partial charge in [-0.2, -0.15) is 0 Å². The Morgan fingerprint density at radius 1 is 1.31 bits per heavy atom. The van der Waals surface area contributed by atoms with Crippen molar-refractivity contribution in [1.82, 2.24) is 15.1 Å². The summed E-state index contributed by atoms with van der Waals surface area (Å²) in [5.41, 5.74) is -0.879. The van der Waals surface area contributed by atoms with E-state index in [0.29, 0.717) is 17.1 Å². The van der Waals surface area contributed by atoms with Gasteiger partial charge in [0.2, 0.25) is 5.91 Å². The average Bonchev–Trinajstić information content (AvgIpc) is 2.79.